The van der Waals surface area contributed by atoms with Crippen LogP contribution >= 0.6 is 0 Å². The molecule has 4 nitrogen and oxygen atoms in total. The maximum atomic E-state index is 11.2. The van der Waals surface area contributed by atoms with E-state index in [0.717, 1.165) is 26.1 Å². The average Bonchev–Trinajstić information content (AvgIpc) is 2.29. The van der Waals surface area contributed by atoms with E-state index in [1.165, 1.54) is 0 Å². The van der Waals surface area contributed by atoms with E-state index in [1.54, 1.807) is 0 Å². The van der Waals surface area contributed by atoms with Gasteiger partial charge in [0.25, 0.3) is 0 Å². The molecule has 1 aliphatic rings. The second kappa shape index (κ2) is 5.64. The smallest absolute Gasteiger partial charge is 0.310 e. The molecule has 1 aliphatic heterocycles. The fraction of sp³-hybridized carbons (Fsp3) is 0.917. The molecule has 0 aromatic rings. The monoisotopic (exact) mass is 229 g/mol. The molecule has 1 unspecified atom stereocenters. The standard InChI is InChI=1S/C12H23NO3/c1-4-12(2,11(14)15)9-13(3)10-5-7-16-8-6-10/h10H,4-9H2,1-3H3,(H,14,15). The molecule has 4 heteroatoms. The maximum Gasteiger partial charge on any atom is 0.310 e. The van der Waals surface area contributed by atoms with Gasteiger partial charge in [0.05, 0.1) is 5.41 Å². The molecule has 0 aliphatic carbocycles. The quantitative estimate of drug-likeness (QED) is 0.778. The van der Waals surface area contributed by atoms with Crippen LogP contribution < -0.4 is 0 Å². The van der Waals surface area contributed by atoms with Gasteiger partial charge in [-0.2, -0.15) is 0 Å². The highest BCUT2D eigenvalue weighted by Gasteiger charge is 2.34. The lowest BCUT2D eigenvalue weighted by atomic mass is 9.86. The lowest BCUT2D eigenvalue weighted by Crippen LogP contribution is -2.45. The third-order valence-corrected chi connectivity index (χ3v) is 3.71. The second-order valence-electron chi connectivity index (χ2n) is 4.98. The first-order valence-corrected chi connectivity index (χ1v) is 6.01. The van der Waals surface area contributed by atoms with Crippen molar-refractivity contribution in [1.29, 1.82) is 0 Å². The Kier molecular flexibility index (Phi) is 4.74. The predicted molar refractivity (Wildman–Crippen MR) is 62.5 cm³/mol. The molecule has 0 spiro atoms. The molecule has 0 bridgehead atoms. The Morgan fingerprint density at radius 1 is 1.50 bits per heavy atom. The zero-order chi connectivity index (χ0) is 12.2. The molecule has 16 heavy (non-hydrogen) atoms. The maximum absolute atomic E-state index is 11.2. The van der Waals surface area contributed by atoms with Gasteiger partial charge in [-0.1, -0.05) is 6.92 Å². The number of rotatable bonds is 5. The summed E-state index contributed by atoms with van der Waals surface area (Å²) >= 11 is 0. The molecule has 1 heterocycles. The first-order chi connectivity index (χ1) is 7.49. The zero-order valence-corrected chi connectivity index (χ0v) is 10.5. The van der Waals surface area contributed by atoms with Crippen LogP contribution in [0, 0.1) is 5.41 Å². The van der Waals surface area contributed by atoms with Gasteiger partial charge >= 0.3 is 5.97 Å². The Balaban J connectivity index is 2.53. The average molecular weight is 229 g/mol. The number of hydrogen-bond donors (Lipinski definition) is 1. The summed E-state index contributed by atoms with van der Waals surface area (Å²) < 4.78 is 5.31. The first-order valence-electron chi connectivity index (χ1n) is 6.01. The molecule has 0 aromatic heterocycles. The number of carboxylic acids is 1. The van der Waals surface area contributed by atoms with Crippen molar-refractivity contribution in [3.05, 3.63) is 0 Å². The lowest BCUT2D eigenvalue weighted by Gasteiger charge is -2.36. The summed E-state index contributed by atoms with van der Waals surface area (Å²) in [6.07, 6.45) is 2.68. The molecule has 94 valence electrons. The molecule has 0 saturated carbocycles. The van der Waals surface area contributed by atoms with Crippen molar-refractivity contribution in [2.75, 3.05) is 26.8 Å². The van der Waals surface area contributed by atoms with Gasteiger partial charge in [-0.15, -0.1) is 0 Å². The Hall–Kier alpha value is -0.610. The minimum atomic E-state index is -0.700. The van der Waals surface area contributed by atoms with Crippen molar-refractivity contribution in [3.63, 3.8) is 0 Å². The van der Waals surface area contributed by atoms with Crippen LogP contribution in [0.25, 0.3) is 0 Å². The summed E-state index contributed by atoms with van der Waals surface area (Å²) in [6.45, 7) is 5.97. The van der Waals surface area contributed by atoms with Crippen LogP contribution in [0.2, 0.25) is 0 Å². The summed E-state index contributed by atoms with van der Waals surface area (Å²) in [7, 11) is 2.02. The number of nitrogens with zero attached hydrogens (tertiary/aromatic N) is 1. The van der Waals surface area contributed by atoms with Crippen molar-refractivity contribution >= 4 is 5.97 Å². The van der Waals surface area contributed by atoms with Crippen LogP contribution in [-0.2, 0) is 9.53 Å². The first kappa shape index (κ1) is 13.5. The Labute approximate surface area is 97.6 Å². The van der Waals surface area contributed by atoms with Gasteiger partial charge < -0.3 is 14.7 Å². The van der Waals surface area contributed by atoms with Crippen molar-refractivity contribution in [2.24, 2.45) is 5.41 Å². The molecule has 0 amide bonds. The highest BCUT2D eigenvalue weighted by molar-refractivity contribution is 5.74. The summed E-state index contributed by atoms with van der Waals surface area (Å²) in [5, 5.41) is 9.23. The summed E-state index contributed by atoms with van der Waals surface area (Å²) in [6, 6.07) is 0.471. The fourth-order valence-corrected chi connectivity index (χ4v) is 2.14. The molecule has 0 radical (unpaired) electrons. The molecule has 1 N–H and O–H groups in total. The molecule has 1 saturated heterocycles. The Bertz CT molecular complexity index is 238. The molecule has 1 fully saturated rings. The molecule has 0 aromatic carbocycles. The number of hydrogen-bond acceptors (Lipinski definition) is 3. The number of aliphatic carboxylic acids is 1. The van der Waals surface area contributed by atoms with Crippen molar-refractivity contribution < 1.29 is 14.6 Å². The third kappa shape index (κ3) is 3.19. The van der Waals surface area contributed by atoms with Crippen molar-refractivity contribution in [1.82, 2.24) is 4.90 Å². The van der Waals surface area contributed by atoms with Gasteiger partial charge in [0.1, 0.15) is 0 Å². The van der Waals surface area contributed by atoms with E-state index < -0.39 is 11.4 Å². The minimum Gasteiger partial charge on any atom is -0.481 e. The van der Waals surface area contributed by atoms with Crippen molar-refractivity contribution in [3.8, 4) is 0 Å². The van der Waals surface area contributed by atoms with Gasteiger partial charge in [-0.25, -0.2) is 0 Å². The van der Waals surface area contributed by atoms with E-state index in [9.17, 15) is 9.90 Å². The van der Waals surface area contributed by atoms with Crippen LogP contribution in [-0.4, -0.2) is 48.8 Å². The Morgan fingerprint density at radius 2 is 2.06 bits per heavy atom. The molecule has 1 rings (SSSR count). The number of carboxylic acid groups (broad SMARTS) is 1. The zero-order valence-electron chi connectivity index (χ0n) is 10.5. The van der Waals surface area contributed by atoms with Crippen LogP contribution in [0.3, 0.4) is 0 Å². The molecule has 1 atom stereocenters. The number of carbonyl (C=O) groups is 1. The predicted octanol–water partition coefficient (Wildman–Crippen LogP) is 1.60. The topological polar surface area (TPSA) is 49.8 Å². The second-order valence-corrected chi connectivity index (χ2v) is 4.98. The highest BCUT2D eigenvalue weighted by Crippen LogP contribution is 2.25. The SMILES string of the molecule is CCC(C)(CN(C)C1CCOCC1)C(=O)O. The van der Waals surface area contributed by atoms with Gasteiger partial charge in [-0.05, 0) is 33.2 Å². The van der Waals surface area contributed by atoms with E-state index in [0.29, 0.717) is 19.0 Å². The van der Waals surface area contributed by atoms with E-state index in [-0.39, 0.29) is 0 Å². The Morgan fingerprint density at radius 3 is 2.50 bits per heavy atom. The molecular formula is C12H23NO3. The summed E-state index contributed by atoms with van der Waals surface area (Å²) in [4.78, 5) is 13.4. The lowest BCUT2D eigenvalue weighted by molar-refractivity contribution is -0.149. The van der Waals surface area contributed by atoms with Crippen LogP contribution in [0.4, 0.5) is 0 Å². The van der Waals surface area contributed by atoms with Crippen LogP contribution in [0.15, 0.2) is 0 Å². The summed E-state index contributed by atoms with van der Waals surface area (Å²) in [5.41, 5.74) is -0.632. The molecular weight excluding hydrogens is 206 g/mol. The fourth-order valence-electron chi connectivity index (χ4n) is 2.14. The minimum absolute atomic E-state index is 0.471. The van der Waals surface area contributed by atoms with Crippen LogP contribution in [0.1, 0.15) is 33.1 Å². The summed E-state index contributed by atoms with van der Waals surface area (Å²) in [5.74, 6) is -0.700. The van der Waals surface area contributed by atoms with Gasteiger partial charge in [-0.3, -0.25) is 4.79 Å². The largest absolute Gasteiger partial charge is 0.481 e. The normalized spacial score (nSPS) is 22.0. The van der Waals surface area contributed by atoms with Crippen molar-refractivity contribution in [2.45, 2.75) is 39.2 Å². The number of ether oxygens (including phenoxy) is 1. The van der Waals surface area contributed by atoms with Crippen LogP contribution in [0.5, 0.6) is 0 Å². The van der Waals surface area contributed by atoms with Gasteiger partial charge in [0, 0.05) is 25.8 Å². The van der Waals surface area contributed by atoms with E-state index in [2.05, 4.69) is 4.90 Å². The highest BCUT2D eigenvalue weighted by atomic mass is 16.5. The third-order valence-electron chi connectivity index (χ3n) is 3.71. The van der Waals surface area contributed by atoms with E-state index in [4.69, 9.17) is 4.74 Å². The van der Waals surface area contributed by atoms with E-state index >= 15 is 0 Å². The van der Waals surface area contributed by atoms with Gasteiger partial charge in [0.2, 0.25) is 0 Å². The van der Waals surface area contributed by atoms with Gasteiger partial charge in [0.15, 0.2) is 0 Å². The van der Waals surface area contributed by atoms with E-state index in [1.807, 2.05) is 20.9 Å².